The Morgan fingerprint density at radius 3 is 2.93 bits per heavy atom. The van der Waals surface area contributed by atoms with E-state index >= 15 is 0 Å². The molecule has 5 heteroatoms. The molecule has 74 valence electrons. The van der Waals surface area contributed by atoms with Gasteiger partial charge < -0.3 is 10.6 Å². The monoisotopic (exact) mass is 258 g/mol. The van der Waals surface area contributed by atoms with Crippen LogP contribution < -0.4 is 10.6 Å². The summed E-state index contributed by atoms with van der Waals surface area (Å²) < 4.78 is 14.0. The molecule has 0 radical (unpaired) electrons. The summed E-state index contributed by atoms with van der Waals surface area (Å²) >= 11 is 3.10. The normalized spacial score (nSPS) is 20.4. The van der Waals surface area contributed by atoms with Crippen LogP contribution in [0.5, 0.6) is 0 Å². The smallest absolute Gasteiger partial charge is 0.315 e. The Hall–Kier alpha value is -1.10. The van der Waals surface area contributed by atoms with Gasteiger partial charge in [-0.3, -0.25) is 0 Å². The fourth-order valence-corrected chi connectivity index (χ4v) is 1.81. The number of benzene rings is 1. The second-order valence-electron chi connectivity index (χ2n) is 3.05. The van der Waals surface area contributed by atoms with Gasteiger partial charge in [0.25, 0.3) is 0 Å². The predicted molar refractivity (Wildman–Crippen MR) is 53.4 cm³/mol. The lowest BCUT2D eigenvalue weighted by Crippen LogP contribution is -2.22. The van der Waals surface area contributed by atoms with Crippen LogP contribution in [0.1, 0.15) is 11.6 Å². The van der Waals surface area contributed by atoms with E-state index in [1.54, 1.807) is 18.2 Å². The third-order valence-electron chi connectivity index (χ3n) is 2.13. The topological polar surface area (TPSA) is 41.1 Å². The quantitative estimate of drug-likeness (QED) is 0.795. The molecule has 0 spiro atoms. The van der Waals surface area contributed by atoms with Crippen LogP contribution in [0.3, 0.4) is 0 Å². The third-order valence-corrected chi connectivity index (χ3v) is 2.74. The second-order valence-corrected chi connectivity index (χ2v) is 3.90. The van der Waals surface area contributed by atoms with Crippen LogP contribution in [0.4, 0.5) is 9.18 Å². The highest BCUT2D eigenvalue weighted by molar-refractivity contribution is 9.10. The zero-order chi connectivity index (χ0) is 10.1. The summed E-state index contributed by atoms with van der Waals surface area (Å²) in [6, 6.07) is 4.50. The standard InChI is InChI=1S/C9H8BrFN2O/c10-6-3-1-2-5(8(6)11)7-4-12-9(14)13-7/h1-3,7H,4H2,(H2,12,13,14). The summed E-state index contributed by atoms with van der Waals surface area (Å²) in [5, 5.41) is 5.21. The van der Waals surface area contributed by atoms with Crippen molar-refractivity contribution in [3.8, 4) is 0 Å². The van der Waals surface area contributed by atoms with E-state index in [4.69, 9.17) is 0 Å². The summed E-state index contributed by atoms with van der Waals surface area (Å²) in [5.74, 6) is -0.318. The summed E-state index contributed by atoms with van der Waals surface area (Å²) in [4.78, 5) is 10.9. The van der Waals surface area contributed by atoms with Crippen molar-refractivity contribution >= 4 is 22.0 Å². The molecular weight excluding hydrogens is 251 g/mol. The molecule has 2 N–H and O–H groups in total. The van der Waals surface area contributed by atoms with Crippen LogP contribution in [0.2, 0.25) is 0 Å². The third kappa shape index (κ3) is 1.59. The van der Waals surface area contributed by atoms with Crippen LogP contribution in [-0.2, 0) is 0 Å². The van der Waals surface area contributed by atoms with E-state index < -0.39 is 0 Å². The molecule has 1 aliphatic rings. The number of carbonyl (C=O) groups excluding carboxylic acids is 1. The lowest BCUT2D eigenvalue weighted by Gasteiger charge is -2.10. The summed E-state index contributed by atoms with van der Waals surface area (Å²) in [5.41, 5.74) is 0.498. The van der Waals surface area contributed by atoms with Gasteiger partial charge in [-0.2, -0.15) is 0 Å². The molecule has 0 saturated carbocycles. The molecular formula is C9H8BrFN2O. The van der Waals surface area contributed by atoms with Gasteiger partial charge in [0.05, 0.1) is 10.5 Å². The van der Waals surface area contributed by atoms with Crippen molar-refractivity contribution in [3.05, 3.63) is 34.1 Å². The van der Waals surface area contributed by atoms with Gasteiger partial charge in [0.15, 0.2) is 0 Å². The van der Waals surface area contributed by atoms with Gasteiger partial charge >= 0.3 is 6.03 Å². The van der Waals surface area contributed by atoms with Gasteiger partial charge in [-0.05, 0) is 22.0 Å². The van der Waals surface area contributed by atoms with E-state index in [1.807, 2.05) is 0 Å². The van der Waals surface area contributed by atoms with Crippen molar-refractivity contribution in [2.75, 3.05) is 6.54 Å². The van der Waals surface area contributed by atoms with Gasteiger partial charge in [0, 0.05) is 12.1 Å². The van der Waals surface area contributed by atoms with Crippen molar-refractivity contribution in [2.45, 2.75) is 6.04 Å². The largest absolute Gasteiger partial charge is 0.336 e. The summed E-state index contributed by atoms with van der Waals surface area (Å²) in [7, 11) is 0. The van der Waals surface area contributed by atoms with Crippen LogP contribution in [-0.4, -0.2) is 12.6 Å². The van der Waals surface area contributed by atoms with E-state index in [0.717, 1.165) is 0 Å². The Bertz CT molecular complexity index is 383. The lowest BCUT2D eigenvalue weighted by molar-refractivity contribution is 0.247. The molecule has 1 unspecified atom stereocenters. The lowest BCUT2D eigenvalue weighted by atomic mass is 10.1. The van der Waals surface area contributed by atoms with E-state index in [1.165, 1.54) is 0 Å². The number of hydrogen-bond donors (Lipinski definition) is 2. The number of amides is 2. The van der Waals surface area contributed by atoms with Gasteiger partial charge in [0.2, 0.25) is 0 Å². The van der Waals surface area contributed by atoms with E-state index in [0.29, 0.717) is 16.6 Å². The van der Waals surface area contributed by atoms with E-state index in [-0.39, 0.29) is 17.9 Å². The summed E-state index contributed by atoms with van der Waals surface area (Å²) in [6.45, 7) is 0.423. The summed E-state index contributed by atoms with van der Waals surface area (Å²) in [6.07, 6.45) is 0. The molecule has 2 rings (SSSR count). The number of nitrogens with one attached hydrogen (secondary N) is 2. The van der Waals surface area contributed by atoms with Crippen molar-refractivity contribution in [2.24, 2.45) is 0 Å². The Morgan fingerprint density at radius 1 is 1.50 bits per heavy atom. The average molecular weight is 259 g/mol. The second kappa shape index (κ2) is 3.57. The minimum absolute atomic E-state index is 0.255. The molecule has 1 aromatic rings. The van der Waals surface area contributed by atoms with Gasteiger partial charge in [0.1, 0.15) is 5.82 Å². The molecule has 1 fully saturated rings. The van der Waals surface area contributed by atoms with E-state index in [9.17, 15) is 9.18 Å². The Morgan fingerprint density at radius 2 is 2.29 bits per heavy atom. The molecule has 1 aliphatic heterocycles. The van der Waals surface area contributed by atoms with Crippen molar-refractivity contribution < 1.29 is 9.18 Å². The number of hydrogen-bond acceptors (Lipinski definition) is 1. The zero-order valence-corrected chi connectivity index (χ0v) is 8.77. The first-order valence-electron chi connectivity index (χ1n) is 4.17. The van der Waals surface area contributed by atoms with Crippen molar-refractivity contribution in [3.63, 3.8) is 0 Å². The Balaban J connectivity index is 2.32. The minimum atomic E-state index is -0.318. The maximum absolute atomic E-state index is 13.6. The average Bonchev–Trinajstić information content (AvgIpc) is 2.57. The van der Waals surface area contributed by atoms with Crippen molar-refractivity contribution in [1.29, 1.82) is 0 Å². The fraction of sp³-hybridized carbons (Fsp3) is 0.222. The minimum Gasteiger partial charge on any atom is -0.336 e. The number of halogens is 2. The number of carbonyl (C=O) groups is 1. The first kappa shape index (κ1) is 9.45. The molecule has 1 aromatic carbocycles. The molecule has 0 bridgehead atoms. The van der Waals surface area contributed by atoms with Crippen molar-refractivity contribution in [1.82, 2.24) is 10.6 Å². The highest BCUT2D eigenvalue weighted by Gasteiger charge is 2.24. The van der Waals surface area contributed by atoms with Crippen LogP contribution >= 0.6 is 15.9 Å². The molecule has 2 amide bonds. The molecule has 1 heterocycles. The number of rotatable bonds is 1. The molecule has 3 nitrogen and oxygen atoms in total. The van der Waals surface area contributed by atoms with E-state index in [2.05, 4.69) is 26.6 Å². The highest BCUT2D eigenvalue weighted by Crippen LogP contribution is 2.24. The first-order chi connectivity index (χ1) is 6.68. The maximum atomic E-state index is 13.6. The molecule has 0 aliphatic carbocycles. The first-order valence-corrected chi connectivity index (χ1v) is 4.96. The van der Waals surface area contributed by atoms with Gasteiger partial charge in [-0.1, -0.05) is 12.1 Å². The molecule has 1 saturated heterocycles. The highest BCUT2D eigenvalue weighted by atomic mass is 79.9. The maximum Gasteiger partial charge on any atom is 0.315 e. The van der Waals surface area contributed by atoms with Gasteiger partial charge in [-0.15, -0.1) is 0 Å². The number of urea groups is 1. The predicted octanol–water partition coefficient (Wildman–Crippen LogP) is 1.94. The Kier molecular flexibility index (Phi) is 2.41. The SMILES string of the molecule is O=C1NCC(c2cccc(Br)c2F)N1. The fourth-order valence-electron chi connectivity index (χ4n) is 1.43. The van der Waals surface area contributed by atoms with Gasteiger partial charge in [-0.25, -0.2) is 9.18 Å². The molecule has 0 aromatic heterocycles. The zero-order valence-electron chi connectivity index (χ0n) is 7.18. The Labute approximate surface area is 88.8 Å². The molecule has 1 atom stereocenters. The van der Waals surface area contributed by atoms with Crippen LogP contribution in [0, 0.1) is 5.82 Å². The molecule has 14 heavy (non-hydrogen) atoms. The van der Waals surface area contributed by atoms with Crippen LogP contribution in [0.25, 0.3) is 0 Å². The van der Waals surface area contributed by atoms with Crippen LogP contribution in [0.15, 0.2) is 22.7 Å².